The van der Waals surface area contributed by atoms with Crippen molar-refractivity contribution in [2.24, 2.45) is 0 Å². The average Bonchev–Trinajstić information content (AvgIpc) is 2.70. The van der Waals surface area contributed by atoms with Crippen molar-refractivity contribution in [3.05, 3.63) is 17.7 Å². The number of rotatable bonds is 0. The van der Waals surface area contributed by atoms with Gasteiger partial charge in [0.2, 0.25) is 6.79 Å². The molecule has 0 aromatic heterocycles. The highest BCUT2D eigenvalue weighted by atomic mass is 127. The summed E-state index contributed by atoms with van der Waals surface area (Å²) >= 11 is 2.33. The standard InChI is InChI=1S/C9H8INO2/c10-11-2-1-6-3-8-9(4-7(6)11)13-5-12-8/h3-4H,1-2,5H2. The summed E-state index contributed by atoms with van der Waals surface area (Å²) in [6.45, 7) is 1.44. The first-order valence-electron chi connectivity index (χ1n) is 4.20. The van der Waals surface area contributed by atoms with Gasteiger partial charge in [0, 0.05) is 12.6 Å². The fourth-order valence-corrected chi connectivity index (χ4v) is 2.43. The van der Waals surface area contributed by atoms with Crippen LogP contribution >= 0.6 is 22.9 Å². The molecule has 0 unspecified atom stereocenters. The number of hydrogen-bond donors (Lipinski definition) is 0. The van der Waals surface area contributed by atoms with Crippen LogP contribution in [-0.2, 0) is 6.42 Å². The van der Waals surface area contributed by atoms with E-state index in [2.05, 4.69) is 38.1 Å². The summed E-state index contributed by atoms with van der Waals surface area (Å²) in [4.78, 5) is 0. The molecule has 0 saturated heterocycles. The normalized spacial score (nSPS) is 17.8. The highest BCUT2D eigenvalue weighted by molar-refractivity contribution is 14.1. The van der Waals surface area contributed by atoms with Crippen LogP contribution in [0.1, 0.15) is 5.56 Å². The minimum atomic E-state index is 0.361. The van der Waals surface area contributed by atoms with Gasteiger partial charge in [0.1, 0.15) is 0 Å². The van der Waals surface area contributed by atoms with Crippen molar-refractivity contribution in [3.8, 4) is 11.5 Å². The van der Waals surface area contributed by atoms with Gasteiger partial charge in [0.25, 0.3) is 0 Å². The van der Waals surface area contributed by atoms with Gasteiger partial charge in [-0.1, -0.05) is 0 Å². The van der Waals surface area contributed by atoms with Crippen molar-refractivity contribution in [2.45, 2.75) is 6.42 Å². The van der Waals surface area contributed by atoms with Crippen LogP contribution in [0.15, 0.2) is 12.1 Å². The van der Waals surface area contributed by atoms with Gasteiger partial charge in [-0.15, -0.1) is 0 Å². The largest absolute Gasteiger partial charge is 0.454 e. The molecular weight excluding hydrogens is 281 g/mol. The molecule has 1 aromatic rings. The molecule has 0 spiro atoms. The minimum Gasteiger partial charge on any atom is -0.454 e. The van der Waals surface area contributed by atoms with Crippen molar-refractivity contribution in [3.63, 3.8) is 0 Å². The van der Waals surface area contributed by atoms with Crippen LogP contribution in [0.25, 0.3) is 0 Å². The molecule has 13 heavy (non-hydrogen) atoms. The number of anilines is 1. The maximum atomic E-state index is 5.32. The van der Waals surface area contributed by atoms with Crippen LogP contribution < -0.4 is 12.6 Å². The third-order valence-electron chi connectivity index (χ3n) is 2.41. The number of hydrogen-bond acceptors (Lipinski definition) is 3. The third kappa shape index (κ3) is 1.08. The lowest BCUT2D eigenvalue weighted by atomic mass is 10.1. The number of nitrogens with zero attached hydrogens (tertiary/aromatic N) is 1. The number of benzene rings is 1. The Balaban J connectivity index is 2.16. The van der Waals surface area contributed by atoms with E-state index in [4.69, 9.17) is 9.47 Å². The summed E-state index contributed by atoms with van der Waals surface area (Å²) in [7, 11) is 0. The lowest BCUT2D eigenvalue weighted by Crippen LogP contribution is -2.03. The van der Waals surface area contributed by atoms with Gasteiger partial charge in [-0.2, -0.15) is 0 Å². The minimum absolute atomic E-state index is 0.361. The van der Waals surface area contributed by atoms with Crippen molar-refractivity contribution >= 4 is 28.6 Å². The van der Waals surface area contributed by atoms with Gasteiger partial charge in [-0.3, -0.25) is 0 Å². The molecule has 2 aliphatic rings. The van der Waals surface area contributed by atoms with Gasteiger partial charge >= 0.3 is 0 Å². The molecule has 2 heterocycles. The molecule has 0 radical (unpaired) electrons. The Morgan fingerprint density at radius 2 is 2.00 bits per heavy atom. The summed E-state index contributed by atoms with van der Waals surface area (Å²) in [6, 6.07) is 4.16. The van der Waals surface area contributed by atoms with E-state index < -0.39 is 0 Å². The van der Waals surface area contributed by atoms with E-state index in [0.29, 0.717) is 6.79 Å². The molecule has 4 heteroatoms. The van der Waals surface area contributed by atoms with Gasteiger partial charge in [-0.25, -0.2) is 0 Å². The Hall–Kier alpha value is -0.650. The highest BCUT2D eigenvalue weighted by Gasteiger charge is 2.23. The molecule has 68 valence electrons. The predicted octanol–water partition coefficient (Wildman–Crippen LogP) is 2.13. The molecule has 0 saturated carbocycles. The Morgan fingerprint density at radius 1 is 1.23 bits per heavy atom. The topological polar surface area (TPSA) is 21.7 Å². The van der Waals surface area contributed by atoms with Crippen molar-refractivity contribution in [2.75, 3.05) is 16.5 Å². The molecule has 0 amide bonds. The van der Waals surface area contributed by atoms with E-state index in [0.717, 1.165) is 24.5 Å². The highest BCUT2D eigenvalue weighted by Crippen LogP contribution is 2.41. The second kappa shape index (κ2) is 2.67. The number of ether oxygens (including phenoxy) is 2. The maximum absolute atomic E-state index is 5.32. The van der Waals surface area contributed by atoms with Crippen LogP contribution in [0, 0.1) is 0 Å². The SMILES string of the molecule is IN1CCc2cc3c(cc21)OCO3. The zero-order valence-electron chi connectivity index (χ0n) is 6.92. The van der Waals surface area contributed by atoms with E-state index in [9.17, 15) is 0 Å². The van der Waals surface area contributed by atoms with Gasteiger partial charge in [0.15, 0.2) is 11.5 Å². The van der Waals surface area contributed by atoms with E-state index in [1.807, 2.05) is 0 Å². The van der Waals surface area contributed by atoms with Crippen LogP contribution in [0.2, 0.25) is 0 Å². The van der Waals surface area contributed by atoms with E-state index in [1.54, 1.807) is 0 Å². The second-order valence-electron chi connectivity index (χ2n) is 3.17. The van der Waals surface area contributed by atoms with Crippen LogP contribution in [0.5, 0.6) is 11.5 Å². The van der Waals surface area contributed by atoms with Crippen LogP contribution in [0.4, 0.5) is 5.69 Å². The summed E-state index contributed by atoms with van der Waals surface area (Å²) in [5, 5.41) is 0. The maximum Gasteiger partial charge on any atom is 0.231 e. The summed E-state index contributed by atoms with van der Waals surface area (Å²) in [5.41, 5.74) is 2.63. The Labute approximate surface area is 90.1 Å². The predicted molar refractivity (Wildman–Crippen MR) is 57.6 cm³/mol. The van der Waals surface area contributed by atoms with E-state index >= 15 is 0 Å². The molecule has 0 aliphatic carbocycles. The molecule has 1 aromatic carbocycles. The molecule has 0 atom stereocenters. The molecule has 3 rings (SSSR count). The number of fused-ring (bicyclic) bond motifs is 2. The average molecular weight is 289 g/mol. The molecule has 0 N–H and O–H groups in total. The zero-order chi connectivity index (χ0) is 8.84. The van der Waals surface area contributed by atoms with Crippen molar-refractivity contribution in [1.29, 1.82) is 0 Å². The van der Waals surface area contributed by atoms with Crippen molar-refractivity contribution in [1.82, 2.24) is 0 Å². The quantitative estimate of drug-likeness (QED) is 0.539. The Kier molecular flexibility index (Phi) is 1.59. The lowest BCUT2D eigenvalue weighted by molar-refractivity contribution is 0.174. The first kappa shape index (κ1) is 7.73. The van der Waals surface area contributed by atoms with E-state index in [-0.39, 0.29) is 0 Å². The summed E-state index contributed by atoms with van der Waals surface area (Å²) in [5.74, 6) is 1.77. The third-order valence-corrected chi connectivity index (χ3v) is 3.41. The lowest BCUT2D eigenvalue weighted by Gasteiger charge is -2.08. The fraction of sp³-hybridized carbons (Fsp3) is 0.333. The fourth-order valence-electron chi connectivity index (χ4n) is 1.74. The molecule has 2 aliphatic heterocycles. The smallest absolute Gasteiger partial charge is 0.231 e. The van der Waals surface area contributed by atoms with Gasteiger partial charge in [0.05, 0.1) is 28.6 Å². The first-order chi connectivity index (χ1) is 6.34. The Morgan fingerprint density at radius 3 is 2.85 bits per heavy atom. The van der Waals surface area contributed by atoms with Crippen LogP contribution in [-0.4, -0.2) is 13.3 Å². The second-order valence-corrected chi connectivity index (χ2v) is 4.33. The zero-order valence-corrected chi connectivity index (χ0v) is 9.08. The number of halogens is 1. The van der Waals surface area contributed by atoms with Gasteiger partial charge < -0.3 is 12.6 Å². The van der Waals surface area contributed by atoms with Crippen molar-refractivity contribution < 1.29 is 9.47 Å². The van der Waals surface area contributed by atoms with Crippen LogP contribution in [0.3, 0.4) is 0 Å². The molecular formula is C9H8INO2. The van der Waals surface area contributed by atoms with Gasteiger partial charge in [-0.05, 0) is 18.1 Å². The summed E-state index contributed by atoms with van der Waals surface area (Å²) in [6.07, 6.45) is 1.11. The molecule has 3 nitrogen and oxygen atoms in total. The van der Waals surface area contributed by atoms with E-state index in [1.165, 1.54) is 11.3 Å². The Bertz CT molecular complexity index is 367. The first-order valence-corrected chi connectivity index (χ1v) is 5.17. The molecule has 0 bridgehead atoms. The molecule has 0 fully saturated rings. The summed E-state index contributed by atoms with van der Waals surface area (Å²) < 4.78 is 12.9. The monoisotopic (exact) mass is 289 g/mol.